The highest BCUT2D eigenvalue weighted by molar-refractivity contribution is 6.30. The number of aromatic nitrogens is 3. The molecule has 6 rings (SSSR count). The van der Waals surface area contributed by atoms with Crippen LogP contribution in [0.5, 0.6) is 0 Å². The van der Waals surface area contributed by atoms with Crippen LogP contribution in [-0.2, 0) is 9.59 Å². The molecule has 8 heteroatoms. The first-order valence-corrected chi connectivity index (χ1v) is 11.5. The van der Waals surface area contributed by atoms with Gasteiger partial charge >= 0.3 is 0 Å². The quantitative estimate of drug-likeness (QED) is 0.459. The van der Waals surface area contributed by atoms with Gasteiger partial charge in [0.15, 0.2) is 0 Å². The molecule has 0 saturated carbocycles. The second-order valence-corrected chi connectivity index (χ2v) is 9.19. The van der Waals surface area contributed by atoms with Crippen LogP contribution in [0, 0.1) is 11.8 Å². The molecule has 3 heterocycles. The predicted molar refractivity (Wildman–Crippen MR) is 125 cm³/mol. The molecular formula is C25H22ClN5O2. The third-order valence-electron chi connectivity index (χ3n) is 6.84. The van der Waals surface area contributed by atoms with Gasteiger partial charge in [0.25, 0.3) is 5.95 Å². The van der Waals surface area contributed by atoms with E-state index >= 15 is 0 Å². The largest absolute Gasteiger partial charge is 0.347 e. The van der Waals surface area contributed by atoms with Crippen LogP contribution in [0.3, 0.4) is 0 Å². The van der Waals surface area contributed by atoms with E-state index in [1.165, 1.54) is 4.90 Å². The number of hydrogen-bond donors (Lipinski definition) is 1. The number of carbonyl (C=O) groups is 2. The molecule has 0 unspecified atom stereocenters. The number of hydrogen-bond acceptors (Lipinski definition) is 5. The smallest absolute Gasteiger partial charge is 0.260 e. The van der Waals surface area contributed by atoms with Crippen LogP contribution in [0.25, 0.3) is 0 Å². The number of amides is 2. The van der Waals surface area contributed by atoms with Crippen LogP contribution < -0.4 is 10.2 Å². The van der Waals surface area contributed by atoms with Gasteiger partial charge in [-0.3, -0.25) is 9.59 Å². The highest BCUT2D eigenvalue weighted by atomic mass is 35.5. The number of nitrogens with one attached hydrogen (secondary N) is 1. The SMILES string of the molecule is O=C1[C@H]2CC=CC[C@@H]2C(=O)N1c1nc2n(n1)[C@H](c1ccccc1)C[C@H](c1ccc(Cl)cc1)N2. The second-order valence-electron chi connectivity index (χ2n) is 8.76. The highest BCUT2D eigenvalue weighted by Crippen LogP contribution is 2.41. The normalized spacial score (nSPS) is 26.2. The van der Waals surface area contributed by atoms with Crippen molar-refractivity contribution in [2.24, 2.45) is 11.8 Å². The van der Waals surface area contributed by atoms with E-state index in [1.807, 2.05) is 54.6 Å². The first-order chi connectivity index (χ1) is 16.1. The van der Waals surface area contributed by atoms with E-state index in [-0.39, 0.29) is 41.7 Å². The maximum Gasteiger partial charge on any atom is 0.260 e. The van der Waals surface area contributed by atoms with Crippen molar-refractivity contribution in [3.8, 4) is 0 Å². The van der Waals surface area contributed by atoms with Crippen LogP contribution >= 0.6 is 11.6 Å². The molecule has 4 atom stereocenters. The van der Waals surface area contributed by atoms with Crippen molar-refractivity contribution in [1.82, 2.24) is 14.8 Å². The maximum atomic E-state index is 13.1. The summed E-state index contributed by atoms with van der Waals surface area (Å²) < 4.78 is 1.80. The summed E-state index contributed by atoms with van der Waals surface area (Å²) in [6.45, 7) is 0. The topological polar surface area (TPSA) is 80.1 Å². The monoisotopic (exact) mass is 459 g/mol. The lowest BCUT2D eigenvalue weighted by atomic mass is 9.85. The van der Waals surface area contributed by atoms with Crippen molar-refractivity contribution in [1.29, 1.82) is 0 Å². The standard InChI is InChI=1S/C25H22ClN5O2/c26-17-12-10-15(11-13-17)20-14-21(16-6-2-1-3-7-16)31-24(27-20)28-25(29-31)30-22(32)18-8-4-5-9-19(18)23(30)33/h1-7,10-13,18-21H,8-9,14H2,(H,27,28,29)/t18-,19-,20+,21-/m0/s1. The van der Waals surface area contributed by atoms with Crippen molar-refractivity contribution >= 4 is 35.3 Å². The summed E-state index contributed by atoms with van der Waals surface area (Å²) in [7, 11) is 0. The van der Waals surface area contributed by atoms with Crippen molar-refractivity contribution in [2.45, 2.75) is 31.3 Å². The van der Waals surface area contributed by atoms with Crippen LogP contribution in [-0.4, -0.2) is 26.6 Å². The molecule has 2 aromatic carbocycles. The summed E-state index contributed by atoms with van der Waals surface area (Å²) in [6.07, 6.45) is 5.86. The Labute approximate surface area is 196 Å². The Balaban J connectivity index is 1.40. The van der Waals surface area contributed by atoms with Crippen LogP contribution in [0.4, 0.5) is 11.9 Å². The van der Waals surface area contributed by atoms with Gasteiger partial charge in [-0.1, -0.05) is 66.2 Å². The number of rotatable bonds is 3. The van der Waals surface area contributed by atoms with Crippen LogP contribution in [0.1, 0.15) is 42.5 Å². The lowest BCUT2D eigenvalue weighted by molar-refractivity contribution is -0.122. The maximum absolute atomic E-state index is 13.1. The zero-order valence-corrected chi connectivity index (χ0v) is 18.5. The molecule has 1 N–H and O–H groups in total. The molecule has 0 spiro atoms. The Morgan fingerprint density at radius 2 is 1.55 bits per heavy atom. The zero-order chi connectivity index (χ0) is 22.5. The summed E-state index contributed by atoms with van der Waals surface area (Å²) in [4.78, 5) is 32.0. The van der Waals surface area contributed by atoms with Gasteiger partial charge in [0.1, 0.15) is 0 Å². The number of anilines is 2. The molecule has 166 valence electrons. The zero-order valence-electron chi connectivity index (χ0n) is 17.8. The van der Waals surface area contributed by atoms with E-state index in [0.29, 0.717) is 23.8 Å². The molecule has 3 aliphatic rings. The summed E-state index contributed by atoms with van der Waals surface area (Å²) in [5, 5.41) is 8.81. The number of allylic oxidation sites excluding steroid dienone is 2. The predicted octanol–water partition coefficient (Wildman–Crippen LogP) is 4.53. The van der Waals surface area contributed by atoms with E-state index in [2.05, 4.69) is 27.5 Å². The minimum atomic E-state index is -0.317. The van der Waals surface area contributed by atoms with Gasteiger partial charge in [0.2, 0.25) is 17.8 Å². The van der Waals surface area contributed by atoms with E-state index < -0.39 is 0 Å². The average molecular weight is 460 g/mol. The Hall–Kier alpha value is -3.45. The van der Waals surface area contributed by atoms with Crippen molar-refractivity contribution < 1.29 is 9.59 Å². The number of fused-ring (bicyclic) bond motifs is 2. The molecule has 1 aromatic heterocycles. The van der Waals surface area contributed by atoms with Gasteiger partial charge in [0, 0.05) is 5.02 Å². The third-order valence-corrected chi connectivity index (χ3v) is 7.09. The van der Waals surface area contributed by atoms with Gasteiger partial charge in [-0.15, -0.1) is 5.10 Å². The lowest BCUT2D eigenvalue weighted by Crippen LogP contribution is -2.32. The third kappa shape index (κ3) is 3.35. The van der Waals surface area contributed by atoms with Gasteiger partial charge < -0.3 is 5.32 Å². The van der Waals surface area contributed by atoms with Crippen LogP contribution in [0.15, 0.2) is 66.7 Å². The Kier molecular flexibility index (Phi) is 4.80. The summed E-state index contributed by atoms with van der Waals surface area (Å²) in [6, 6.07) is 17.7. The lowest BCUT2D eigenvalue weighted by Gasteiger charge is -2.31. The molecule has 1 aliphatic carbocycles. The van der Waals surface area contributed by atoms with E-state index in [4.69, 9.17) is 11.6 Å². The molecule has 2 aliphatic heterocycles. The summed E-state index contributed by atoms with van der Waals surface area (Å²) >= 11 is 6.09. The first kappa shape index (κ1) is 20.2. The number of carbonyl (C=O) groups excluding carboxylic acids is 2. The average Bonchev–Trinajstić information content (AvgIpc) is 3.38. The molecule has 1 saturated heterocycles. The van der Waals surface area contributed by atoms with E-state index in [0.717, 1.165) is 17.5 Å². The van der Waals surface area contributed by atoms with E-state index in [1.54, 1.807) is 4.68 Å². The Morgan fingerprint density at radius 1 is 0.879 bits per heavy atom. The fraction of sp³-hybridized carbons (Fsp3) is 0.280. The minimum Gasteiger partial charge on any atom is -0.347 e. The molecule has 0 radical (unpaired) electrons. The van der Waals surface area contributed by atoms with Crippen molar-refractivity contribution in [3.05, 3.63) is 82.9 Å². The molecule has 33 heavy (non-hydrogen) atoms. The molecule has 2 amide bonds. The molecular weight excluding hydrogens is 438 g/mol. The second kappa shape index (κ2) is 7.85. The molecule has 3 aromatic rings. The fourth-order valence-corrected chi connectivity index (χ4v) is 5.25. The van der Waals surface area contributed by atoms with Crippen molar-refractivity contribution in [3.63, 3.8) is 0 Å². The van der Waals surface area contributed by atoms with Crippen LogP contribution in [0.2, 0.25) is 5.02 Å². The van der Waals surface area contributed by atoms with Gasteiger partial charge in [-0.2, -0.15) is 4.98 Å². The number of benzene rings is 2. The Bertz CT molecular complexity index is 1230. The van der Waals surface area contributed by atoms with Gasteiger partial charge in [-0.05, 0) is 42.5 Å². The Morgan fingerprint density at radius 3 is 2.21 bits per heavy atom. The minimum absolute atomic E-state index is 0.0196. The number of imide groups is 1. The fourth-order valence-electron chi connectivity index (χ4n) is 5.12. The molecule has 7 nitrogen and oxygen atoms in total. The van der Waals surface area contributed by atoms with Gasteiger partial charge in [-0.25, -0.2) is 9.58 Å². The van der Waals surface area contributed by atoms with Gasteiger partial charge in [0.05, 0.1) is 23.9 Å². The summed E-state index contributed by atoms with van der Waals surface area (Å²) in [5.41, 5.74) is 2.18. The molecule has 0 bridgehead atoms. The number of halogens is 1. The summed E-state index contributed by atoms with van der Waals surface area (Å²) in [5.74, 6) is -0.352. The van der Waals surface area contributed by atoms with E-state index in [9.17, 15) is 9.59 Å². The van der Waals surface area contributed by atoms with Crippen molar-refractivity contribution in [2.75, 3.05) is 10.2 Å². The first-order valence-electron chi connectivity index (χ1n) is 11.2. The highest BCUT2D eigenvalue weighted by Gasteiger charge is 2.49. The molecule has 1 fully saturated rings. The number of nitrogens with zero attached hydrogens (tertiary/aromatic N) is 4.